The minimum absolute atomic E-state index is 0.0154. The number of aliphatic hydroxyl groups is 1. The Hall–Kier alpha value is -1.68. The highest BCUT2D eigenvalue weighted by atomic mass is 16.3. The molecule has 1 saturated heterocycles. The van der Waals surface area contributed by atoms with E-state index >= 15 is 0 Å². The minimum Gasteiger partial charge on any atom is -0.396 e. The molecule has 0 bridgehead atoms. The largest absolute Gasteiger partial charge is 0.396 e. The fourth-order valence-corrected chi connectivity index (χ4v) is 2.56. The first kappa shape index (κ1) is 14.7. The standard InChI is InChI=1S/C16H22N2O2/c1-2-16(13-19)8-11-18(12-9-16)15(20)7-6-14-5-3-4-10-17-14/h3-7,10,19H,2,8-9,11-13H2,1H3/b7-6+. The summed E-state index contributed by atoms with van der Waals surface area (Å²) in [7, 11) is 0. The molecular formula is C16H22N2O2. The second-order valence-electron chi connectivity index (χ2n) is 5.42. The normalized spacial score (nSPS) is 18.4. The Bertz CT molecular complexity index is 457. The quantitative estimate of drug-likeness (QED) is 0.856. The van der Waals surface area contributed by atoms with Gasteiger partial charge in [0.1, 0.15) is 0 Å². The van der Waals surface area contributed by atoms with Crippen molar-refractivity contribution in [3.63, 3.8) is 0 Å². The zero-order valence-electron chi connectivity index (χ0n) is 12.0. The van der Waals surface area contributed by atoms with Gasteiger partial charge >= 0.3 is 0 Å². The highest BCUT2D eigenvalue weighted by Crippen LogP contribution is 2.34. The number of aromatic nitrogens is 1. The Morgan fingerprint density at radius 1 is 1.45 bits per heavy atom. The molecular weight excluding hydrogens is 252 g/mol. The Morgan fingerprint density at radius 3 is 2.75 bits per heavy atom. The van der Waals surface area contributed by atoms with Crippen molar-refractivity contribution in [2.24, 2.45) is 5.41 Å². The summed E-state index contributed by atoms with van der Waals surface area (Å²) < 4.78 is 0. The van der Waals surface area contributed by atoms with Gasteiger partial charge in [0.25, 0.3) is 0 Å². The number of likely N-dealkylation sites (tertiary alicyclic amines) is 1. The van der Waals surface area contributed by atoms with Gasteiger partial charge in [-0.2, -0.15) is 0 Å². The summed E-state index contributed by atoms with van der Waals surface area (Å²) in [4.78, 5) is 18.1. The molecule has 1 aromatic heterocycles. The third-order valence-electron chi connectivity index (χ3n) is 4.31. The van der Waals surface area contributed by atoms with Crippen LogP contribution in [0.5, 0.6) is 0 Å². The number of rotatable bonds is 4. The average molecular weight is 274 g/mol. The molecule has 1 fully saturated rings. The number of hydrogen-bond acceptors (Lipinski definition) is 3. The van der Waals surface area contributed by atoms with E-state index in [1.807, 2.05) is 23.1 Å². The van der Waals surface area contributed by atoms with Crippen LogP contribution >= 0.6 is 0 Å². The van der Waals surface area contributed by atoms with Crippen LogP contribution in [0.2, 0.25) is 0 Å². The molecule has 0 aromatic carbocycles. The lowest BCUT2D eigenvalue weighted by Crippen LogP contribution is -2.43. The number of amides is 1. The Balaban J connectivity index is 1.91. The predicted molar refractivity (Wildman–Crippen MR) is 78.9 cm³/mol. The van der Waals surface area contributed by atoms with Crippen LogP contribution in [0, 0.1) is 5.41 Å². The van der Waals surface area contributed by atoms with Gasteiger partial charge in [-0.15, -0.1) is 0 Å². The van der Waals surface area contributed by atoms with E-state index in [4.69, 9.17) is 0 Å². The summed E-state index contributed by atoms with van der Waals surface area (Å²) in [5.41, 5.74) is 0.803. The molecule has 0 saturated carbocycles. The Morgan fingerprint density at radius 2 is 2.20 bits per heavy atom. The summed E-state index contributed by atoms with van der Waals surface area (Å²) in [6.45, 7) is 3.77. The van der Waals surface area contributed by atoms with Crippen LogP contribution in [0.25, 0.3) is 6.08 Å². The van der Waals surface area contributed by atoms with Gasteiger partial charge in [0.05, 0.1) is 5.69 Å². The number of carbonyl (C=O) groups excluding carboxylic acids is 1. The van der Waals surface area contributed by atoms with E-state index in [1.54, 1.807) is 18.3 Å². The topological polar surface area (TPSA) is 53.4 Å². The third-order valence-corrected chi connectivity index (χ3v) is 4.31. The van der Waals surface area contributed by atoms with Gasteiger partial charge in [0.2, 0.25) is 5.91 Å². The van der Waals surface area contributed by atoms with Crippen molar-refractivity contribution in [3.8, 4) is 0 Å². The van der Waals surface area contributed by atoms with E-state index in [9.17, 15) is 9.90 Å². The molecule has 0 spiro atoms. The van der Waals surface area contributed by atoms with Crippen LogP contribution in [0.3, 0.4) is 0 Å². The lowest BCUT2D eigenvalue weighted by molar-refractivity contribution is -0.128. The van der Waals surface area contributed by atoms with E-state index in [2.05, 4.69) is 11.9 Å². The summed E-state index contributed by atoms with van der Waals surface area (Å²) in [5, 5.41) is 9.49. The average Bonchev–Trinajstić information content (AvgIpc) is 2.53. The first-order valence-corrected chi connectivity index (χ1v) is 7.18. The summed E-state index contributed by atoms with van der Waals surface area (Å²) >= 11 is 0. The molecule has 108 valence electrons. The molecule has 4 nitrogen and oxygen atoms in total. The molecule has 1 aliphatic heterocycles. The van der Waals surface area contributed by atoms with Gasteiger partial charge in [-0.3, -0.25) is 9.78 Å². The molecule has 2 rings (SSSR count). The molecule has 0 aliphatic carbocycles. The first-order chi connectivity index (χ1) is 9.69. The van der Waals surface area contributed by atoms with E-state index in [0.717, 1.165) is 38.0 Å². The van der Waals surface area contributed by atoms with Gasteiger partial charge in [-0.25, -0.2) is 0 Å². The molecule has 2 heterocycles. The number of carbonyl (C=O) groups is 1. The van der Waals surface area contributed by atoms with Crippen molar-refractivity contribution >= 4 is 12.0 Å². The van der Waals surface area contributed by atoms with Crippen molar-refractivity contribution in [3.05, 3.63) is 36.2 Å². The maximum absolute atomic E-state index is 12.1. The maximum atomic E-state index is 12.1. The van der Waals surface area contributed by atoms with Crippen molar-refractivity contribution in [1.29, 1.82) is 0 Å². The predicted octanol–water partition coefficient (Wildman–Crippen LogP) is 2.11. The highest BCUT2D eigenvalue weighted by Gasteiger charge is 2.33. The van der Waals surface area contributed by atoms with Crippen molar-refractivity contribution < 1.29 is 9.90 Å². The summed E-state index contributed by atoms with van der Waals surface area (Å²) in [6.07, 6.45) is 7.76. The summed E-state index contributed by atoms with van der Waals surface area (Å²) in [5.74, 6) is 0.0262. The van der Waals surface area contributed by atoms with Crippen LogP contribution in [-0.4, -0.2) is 40.6 Å². The van der Waals surface area contributed by atoms with E-state index < -0.39 is 0 Å². The highest BCUT2D eigenvalue weighted by molar-refractivity contribution is 5.91. The van der Waals surface area contributed by atoms with Gasteiger partial charge in [0, 0.05) is 32.0 Å². The zero-order valence-corrected chi connectivity index (χ0v) is 12.0. The second-order valence-corrected chi connectivity index (χ2v) is 5.42. The monoisotopic (exact) mass is 274 g/mol. The van der Waals surface area contributed by atoms with Crippen LogP contribution in [0.4, 0.5) is 0 Å². The third kappa shape index (κ3) is 3.45. The zero-order chi connectivity index (χ0) is 14.4. The molecule has 0 atom stereocenters. The first-order valence-electron chi connectivity index (χ1n) is 7.18. The number of hydrogen-bond donors (Lipinski definition) is 1. The lowest BCUT2D eigenvalue weighted by atomic mass is 9.77. The minimum atomic E-state index is 0.0154. The number of nitrogens with zero attached hydrogens (tertiary/aromatic N) is 2. The smallest absolute Gasteiger partial charge is 0.246 e. The SMILES string of the molecule is CCC1(CO)CCN(C(=O)/C=C/c2ccccn2)CC1. The lowest BCUT2D eigenvalue weighted by Gasteiger charge is -2.39. The Labute approximate surface area is 120 Å². The van der Waals surface area contributed by atoms with E-state index in [0.29, 0.717) is 0 Å². The van der Waals surface area contributed by atoms with Crippen LogP contribution in [-0.2, 0) is 4.79 Å². The fourth-order valence-electron chi connectivity index (χ4n) is 2.56. The van der Waals surface area contributed by atoms with Crippen LogP contribution in [0.15, 0.2) is 30.5 Å². The van der Waals surface area contributed by atoms with Crippen molar-refractivity contribution in [2.75, 3.05) is 19.7 Å². The van der Waals surface area contributed by atoms with Gasteiger partial charge in [-0.1, -0.05) is 13.0 Å². The van der Waals surface area contributed by atoms with Crippen molar-refractivity contribution in [1.82, 2.24) is 9.88 Å². The maximum Gasteiger partial charge on any atom is 0.246 e. The second kappa shape index (κ2) is 6.66. The van der Waals surface area contributed by atoms with Crippen molar-refractivity contribution in [2.45, 2.75) is 26.2 Å². The molecule has 1 amide bonds. The van der Waals surface area contributed by atoms with Gasteiger partial charge in [0.15, 0.2) is 0 Å². The molecule has 0 radical (unpaired) electrons. The molecule has 1 aromatic rings. The molecule has 20 heavy (non-hydrogen) atoms. The number of pyridine rings is 1. The van der Waals surface area contributed by atoms with Crippen LogP contribution < -0.4 is 0 Å². The van der Waals surface area contributed by atoms with E-state index in [1.165, 1.54) is 0 Å². The fraction of sp³-hybridized carbons (Fsp3) is 0.500. The van der Waals surface area contributed by atoms with Gasteiger partial charge in [-0.05, 0) is 42.9 Å². The molecule has 0 unspecified atom stereocenters. The van der Waals surface area contributed by atoms with Gasteiger partial charge < -0.3 is 10.0 Å². The molecule has 1 aliphatic rings. The molecule has 1 N–H and O–H groups in total. The van der Waals surface area contributed by atoms with Crippen LogP contribution in [0.1, 0.15) is 31.9 Å². The Kier molecular flexibility index (Phi) is 4.90. The van der Waals surface area contributed by atoms with E-state index in [-0.39, 0.29) is 17.9 Å². The molecule has 4 heteroatoms. The summed E-state index contributed by atoms with van der Waals surface area (Å²) in [6, 6.07) is 5.62. The number of piperidine rings is 1. The number of aliphatic hydroxyl groups excluding tert-OH is 1.